The van der Waals surface area contributed by atoms with E-state index in [1.165, 1.54) is 65.7 Å². The van der Waals surface area contributed by atoms with Gasteiger partial charge in [-0.3, -0.25) is 0 Å². The van der Waals surface area contributed by atoms with Crippen molar-refractivity contribution in [2.75, 3.05) is 0 Å². The van der Waals surface area contributed by atoms with E-state index in [1.54, 1.807) is 0 Å². The lowest BCUT2D eigenvalue weighted by molar-refractivity contribution is 1.25. The molecule has 0 aliphatic heterocycles. The molecule has 9 rings (SSSR count). The van der Waals surface area contributed by atoms with Crippen LogP contribution in [0.3, 0.4) is 0 Å². The van der Waals surface area contributed by atoms with Gasteiger partial charge in [0.15, 0.2) is 0 Å². The second kappa shape index (κ2) is 10.0. The molecule has 0 saturated heterocycles. The number of hydrogen-bond acceptors (Lipinski definition) is 0. The zero-order chi connectivity index (χ0) is 32.6. The molecule has 1 aliphatic rings. The summed E-state index contributed by atoms with van der Waals surface area (Å²) in [5, 5.41) is 7.63. The Morgan fingerprint density at radius 3 is 1.56 bits per heavy atom. The quantitative estimate of drug-likeness (QED) is 0.184. The monoisotopic (exact) mass is 575 g/mol. The van der Waals surface area contributed by atoms with Gasteiger partial charge in [-0.1, -0.05) is 133 Å². The second-order valence-corrected chi connectivity index (χ2v) is 12.4. The first-order valence-electron chi connectivity index (χ1n) is 17.1. The molecule has 0 unspecified atom stereocenters. The molecule has 212 valence electrons. The van der Waals surface area contributed by atoms with Crippen LogP contribution in [0.2, 0.25) is 0 Å². The van der Waals surface area contributed by atoms with E-state index < -0.39 is 6.85 Å². The zero-order valence-electron chi connectivity index (χ0n) is 28.1. The number of hydrogen-bond donors (Lipinski definition) is 0. The van der Waals surface area contributed by atoms with E-state index in [-0.39, 0.29) is 0 Å². The van der Waals surface area contributed by atoms with E-state index in [2.05, 4.69) is 122 Å². The fourth-order valence-electron chi connectivity index (χ4n) is 7.61. The third-order valence-corrected chi connectivity index (χ3v) is 9.62. The molecule has 0 aromatic heterocycles. The van der Waals surface area contributed by atoms with Crippen LogP contribution in [0.5, 0.6) is 0 Å². The summed E-state index contributed by atoms with van der Waals surface area (Å²) in [5.41, 5.74) is 12.9. The molecule has 0 N–H and O–H groups in total. The maximum atomic E-state index is 8.27. The van der Waals surface area contributed by atoms with Crippen LogP contribution in [0.4, 0.5) is 0 Å². The highest BCUT2D eigenvalue weighted by Gasteiger charge is 2.26. The molecule has 0 heterocycles. The Balaban J connectivity index is 1.20. The Morgan fingerprint density at radius 2 is 0.867 bits per heavy atom. The first-order valence-corrected chi connectivity index (χ1v) is 15.6. The third-order valence-electron chi connectivity index (χ3n) is 9.62. The van der Waals surface area contributed by atoms with Crippen molar-refractivity contribution >= 4 is 32.3 Å². The van der Waals surface area contributed by atoms with E-state index in [0.29, 0.717) is 5.56 Å². The Kier molecular flexibility index (Phi) is 5.13. The Bertz CT molecular complexity index is 2540. The van der Waals surface area contributed by atoms with Gasteiger partial charge in [-0.15, -0.1) is 0 Å². The van der Waals surface area contributed by atoms with E-state index in [9.17, 15) is 0 Å². The van der Waals surface area contributed by atoms with E-state index >= 15 is 0 Å². The minimum Gasteiger partial charge on any atom is -0.0622 e. The largest absolute Gasteiger partial charge is 0.0622 e. The SMILES string of the molecule is [2H]C([2H])([2H])c1cc(-c2ccccc2)c2c(c1)-c1cc(C)cc(-c3cccc(-c4ccc5c6ccccc6c6ccccc6c5c4)c3)c1C2. The summed E-state index contributed by atoms with van der Waals surface area (Å²) in [5.74, 6) is 0. The van der Waals surface area contributed by atoms with Crippen LogP contribution in [0, 0.1) is 13.8 Å². The van der Waals surface area contributed by atoms with Gasteiger partial charge in [-0.2, -0.15) is 0 Å². The summed E-state index contributed by atoms with van der Waals surface area (Å²) in [6, 6.07) is 51.7. The molecule has 0 heteroatoms. The first-order chi connectivity index (χ1) is 23.3. The van der Waals surface area contributed by atoms with Crippen LogP contribution >= 0.6 is 0 Å². The van der Waals surface area contributed by atoms with Gasteiger partial charge in [0.2, 0.25) is 0 Å². The van der Waals surface area contributed by atoms with Crippen molar-refractivity contribution in [3.63, 3.8) is 0 Å². The van der Waals surface area contributed by atoms with Crippen molar-refractivity contribution in [1.29, 1.82) is 0 Å². The summed E-state index contributed by atoms with van der Waals surface area (Å²) in [6.45, 7) is -0.0596. The van der Waals surface area contributed by atoms with Crippen molar-refractivity contribution < 1.29 is 4.11 Å². The molecule has 1 aliphatic carbocycles. The van der Waals surface area contributed by atoms with Gasteiger partial charge in [-0.05, 0) is 131 Å². The van der Waals surface area contributed by atoms with Gasteiger partial charge in [0, 0.05) is 4.11 Å². The fourth-order valence-corrected chi connectivity index (χ4v) is 7.61. The Labute approximate surface area is 268 Å². The number of rotatable bonds is 3. The van der Waals surface area contributed by atoms with Crippen LogP contribution in [0.1, 0.15) is 26.4 Å². The van der Waals surface area contributed by atoms with Crippen LogP contribution in [0.15, 0.2) is 146 Å². The smallest absolute Gasteiger partial charge is 0.0280 e. The average Bonchev–Trinajstić information content (AvgIpc) is 3.49. The Hall–Kier alpha value is -5.46. The van der Waals surface area contributed by atoms with Crippen LogP contribution in [-0.2, 0) is 6.42 Å². The molecular weight excluding hydrogens is 540 g/mol. The van der Waals surface area contributed by atoms with Crippen molar-refractivity contribution in [2.24, 2.45) is 0 Å². The van der Waals surface area contributed by atoms with Crippen LogP contribution < -0.4 is 0 Å². The minimum absolute atomic E-state index is 0.384. The molecule has 0 saturated carbocycles. The number of fused-ring (bicyclic) bond motifs is 9. The van der Waals surface area contributed by atoms with Gasteiger partial charge < -0.3 is 0 Å². The summed E-state index contributed by atoms with van der Waals surface area (Å²) >= 11 is 0. The molecule has 0 fully saturated rings. The van der Waals surface area contributed by atoms with Gasteiger partial charge in [-0.25, -0.2) is 0 Å². The first kappa shape index (κ1) is 23.0. The van der Waals surface area contributed by atoms with Gasteiger partial charge in [0.25, 0.3) is 0 Å². The number of aryl methyl sites for hydroxylation is 2. The topological polar surface area (TPSA) is 0 Å². The van der Waals surface area contributed by atoms with E-state index in [0.717, 1.165) is 34.2 Å². The van der Waals surface area contributed by atoms with Crippen molar-refractivity contribution in [3.05, 3.63) is 168 Å². The summed E-state index contributed by atoms with van der Waals surface area (Å²) in [7, 11) is 0. The lowest BCUT2D eigenvalue weighted by Gasteiger charge is -2.14. The van der Waals surface area contributed by atoms with Crippen LogP contribution in [0.25, 0.3) is 76.8 Å². The molecule has 8 aromatic carbocycles. The molecular formula is C45H32. The summed E-state index contributed by atoms with van der Waals surface area (Å²) < 4.78 is 24.8. The highest BCUT2D eigenvalue weighted by atomic mass is 14.3. The van der Waals surface area contributed by atoms with E-state index in [4.69, 9.17) is 4.11 Å². The lowest BCUT2D eigenvalue weighted by Crippen LogP contribution is -1.92. The maximum Gasteiger partial charge on any atom is 0.0280 e. The highest BCUT2D eigenvalue weighted by Crippen LogP contribution is 2.47. The van der Waals surface area contributed by atoms with Crippen LogP contribution in [-0.4, -0.2) is 0 Å². The Morgan fingerprint density at radius 1 is 0.378 bits per heavy atom. The maximum absolute atomic E-state index is 8.27. The normalized spacial score (nSPS) is 13.4. The highest BCUT2D eigenvalue weighted by molar-refractivity contribution is 6.25. The van der Waals surface area contributed by atoms with Crippen molar-refractivity contribution in [3.8, 4) is 44.5 Å². The zero-order valence-corrected chi connectivity index (χ0v) is 25.1. The van der Waals surface area contributed by atoms with Crippen molar-refractivity contribution in [2.45, 2.75) is 20.2 Å². The molecule has 0 bridgehead atoms. The van der Waals surface area contributed by atoms with E-state index in [1.807, 2.05) is 30.3 Å². The fraction of sp³-hybridized carbons (Fsp3) is 0.0667. The third kappa shape index (κ3) is 4.14. The predicted molar refractivity (Wildman–Crippen MR) is 193 cm³/mol. The minimum atomic E-state index is -2.19. The second-order valence-electron chi connectivity index (χ2n) is 12.4. The van der Waals surface area contributed by atoms with Gasteiger partial charge >= 0.3 is 0 Å². The lowest BCUT2D eigenvalue weighted by atomic mass is 9.90. The molecule has 0 atom stereocenters. The summed E-state index contributed by atoms with van der Waals surface area (Å²) in [4.78, 5) is 0. The average molecular weight is 576 g/mol. The summed E-state index contributed by atoms with van der Waals surface area (Å²) in [6.07, 6.45) is 0.755. The van der Waals surface area contributed by atoms with Crippen molar-refractivity contribution in [1.82, 2.24) is 0 Å². The standard InChI is InChI=1S/C45H32/c1-28-21-39(30-11-4-3-5-12-30)44-27-45-40(22-29(2)24-42(45)41(44)23-28)33-14-10-13-31(25-33)32-19-20-38-36-17-7-6-15-34(36)35-16-8-9-18-37(35)43(38)26-32/h3-26H,27H2,1-2H3/i1D3. The molecule has 0 spiro atoms. The molecule has 0 nitrogen and oxygen atoms in total. The predicted octanol–water partition coefficient (Wildman–Crippen LogP) is 12.3. The number of benzene rings is 8. The van der Waals surface area contributed by atoms with Gasteiger partial charge in [0.1, 0.15) is 0 Å². The molecule has 0 radical (unpaired) electrons. The molecule has 45 heavy (non-hydrogen) atoms. The molecule has 0 amide bonds. The molecule has 8 aromatic rings. The van der Waals surface area contributed by atoms with Gasteiger partial charge in [0.05, 0.1) is 0 Å².